The van der Waals surface area contributed by atoms with Gasteiger partial charge in [-0.1, -0.05) is 37.6 Å². The van der Waals surface area contributed by atoms with E-state index in [2.05, 4.69) is 15.7 Å². The number of hydrogen-bond acceptors (Lipinski definition) is 7. The van der Waals surface area contributed by atoms with Gasteiger partial charge in [-0.25, -0.2) is 14.3 Å². The number of nitrogens with one attached hydrogen (secondary N) is 2. The minimum atomic E-state index is -4.55. The number of carbonyl (C=O) groups excluding carboxylic acids is 2. The van der Waals surface area contributed by atoms with Gasteiger partial charge >= 0.3 is 18.2 Å². The highest BCUT2D eigenvalue weighted by Gasteiger charge is 2.31. The van der Waals surface area contributed by atoms with Crippen molar-refractivity contribution in [2.45, 2.75) is 58.9 Å². The van der Waals surface area contributed by atoms with E-state index in [1.165, 1.54) is 16.8 Å². The number of unbranched alkanes of at least 4 members (excludes halogenated alkanes) is 1. The Kier molecular flexibility index (Phi) is 9.80. The van der Waals surface area contributed by atoms with Gasteiger partial charge in [0.15, 0.2) is 5.82 Å². The Morgan fingerprint density at radius 3 is 2.54 bits per heavy atom. The summed E-state index contributed by atoms with van der Waals surface area (Å²) in [5, 5.41) is 9.94. The van der Waals surface area contributed by atoms with Crippen LogP contribution in [-0.4, -0.2) is 34.6 Å². The SMILES string of the molecule is CCCCC(Cn1nc(Nc2ccccc2C)c(C(=O)OCC)c1N)OC(=O)Nc1cccc(C(F)(F)F)c1. The molecule has 0 aliphatic carbocycles. The van der Waals surface area contributed by atoms with Crippen LogP contribution in [0.2, 0.25) is 0 Å². The third kappa shape index (κ3) is 7.88. The molecule has 4 N–H and O–H groups in total. The molecule has 0 bridgehead atoms. The number of esters is 1. The smallest absolute Gasteiger partial charge is 0.416 e. The number of halogens is 3. The van der Waals surface area contributed by atoms with Crippen LogP contribution in [0.15, 0.2) is 48.5 Å². The molecule has 0 saturated heterocycles. The molecule has 0 aliphatic rings. The third-order valence-corrected chi connectivity index (χ3v) is 5.84. The van der Waals surface area contributed by atoms with E-state index in [9.17, 15) is 22.8 Å². The number of alkyl halides is 3. The molecule has 1 heterocycles. The zero-order valence-corrected chi connectivity index (χ0v) is 22.0. The summed E-state index contributed by atoms with van der Waals surface area (Å²) in [5.41, 5.74) is 7.03. The van der Waals surface area contributed by atoms with Gasteiger partial charge in [-0.05, 0) is 56.5 Å². The molecule has 1 amide bonds. The summed E-state index contributed by atoms with van der Waals surface area (Å²) < 4.78 is 51.2. The first-order chi connectivity index (χ1) is 18.5. The van der Waals surface area contributed by atoms with Crippen LogP contribution in [0.1, 0.15) is 54.6 Å². The second kappa shape index (κ2) is 13.0. The first-order valence-corrected chi connectivity index (χ1v) is 12.5. The van der Waals surface area contributed by atoms with Crippen molar-refractivity contribution in [3.05, 3.63) is 65.2 Å². The Labute approximate surface area is 224 Å². The van der Waals surface area contributed by atoms with Gasteiger partial charge in [0.1, 0.15) is 17.5 Å². The third-order valence-electron chi connectivity index (χ3n) is 5.84. The number of hydrogen-bond donors (Lipinski definition) is 3. The number of aromatic nitrogens is 2. The van der Waals surface area contributed by atoms with E-state index in [4.69, 9.17) is 15.2 Å². The Morgan fingerprint density at radius 2 is 1.87 bits per heavy atom. The lowest BCUT2D eigenvalue weighted by Gasteiger charge is -2.19. The maximum Gasteiger partial charge on any atom is 0.416 e. The fourth-order valence-electron chi connectivity index (χ4n) is 3.83. The summed E-state index contributed by atoms with van der Waals surface area (Å²) >= 11 is 0. The molecule has 210 valence electrons. The van der Waals surface area contributed by atoms with E-state index in [1.807, 2.05) is 38.1 Å². The summed E-state index contributed by atoms with van der Waals surface area (Å²) in [4.78, 5) is 25.3. The molecule has 0 fully saturated rings. The Balaban J connectivity index is 1.84. The van der Waals surface area contributed by atoms with E-state index < -0.39 is 29.9 Å². The minimum absolute atomic E-state index is 0.00367. The number of anilines is 4. The molecule has 0 radical (unpaired) electrons. The van der Waals surface area contributed by atoms with E-state index in [0.29, 0.717) is 18.5 Å². The van der Waals surface area contributed by atoms with Gasteiger partial charge in [-0.2, -0.15) is 18.3 Å². The molecule has 1 unspecified atom stereocenters. The van der Waals surface area contributed by atoms with Crippen molar-refractivity contribution in [2.75, 3.05) is 23.0 Å². The number of rotatable bonds is 11. The maximum absolute atomic E-state index is 13.0. The fourth-order valence-corrected chi connectivity index (χ4v) is 3.83. The maximum atomic E-state index is 13.0. The van der Waals surface area contributed by atoms with Gasteiger partial charge in [-0.3, -0.25) is 5.32 Å². The Morgan fingerprint density at radius 1 is 1.13 bits per heavy atom. The van der Waals surface area contributed by atoms with Crippen molar-refractivity contribution in [1.82, 2.24) is 9.78 Å². The predicted octanol–water partition coefficient (Wildman–Crippen LogP) is 6.52. The van der Waals surface area contributed by atoms with Crippen molar-refractivity contribution >= 4 is 35.1 Å². The molecular weight excluding hydrogens is 515 g/mol. The highest BCUT2D eigenvalue weighted by atomic mass is 19.4. The Bertz CT molecular complexity index is 1290. The average Bonchev–Trinajstić information content (AvgIpc) is 3.18. The highest BCUT2D eigenvalue weighted by molar-refractivity contribution is 6.00. The molecule has 39 heavy (non-hydrogen) atoms. The second-order valence-electron chi connectivity index (χ2n) is 8.82. The molecule has 12 heteroatoms. The summed E-state index contributed by atoms with van der Waals surface area (Å²) in [7, 11) is 0. The lowest BCUT2D eigenvalue weighted by molar-refractivity contribution is -0.137. The monoisotopic (exact) mass is 547 g/mol. The van der Waals surface area contributed by atoms with Crippen molar-refractivity contribution in [1.29, 1.82) is 0 Å². The average molecular weight is 548 g/mol. The number of nitrogens with zero attached hydrogens (tertiary/aromatic N) is 2. The lowest BCUT2D eigenvalue weighted by Crippen LogP contribution is -2.28. The number of ether oxygens (including phenoxy) is 2. The number of nitrogens with two attached hydrogens (primary N) is 1. The first kappa shape index (κ1) is 29.3. The first-order valence-electron chi connectivity index (χ1n) is 12.5. The number of aryl methyl sites for hydroxylation is 1. The number of para-hydroxylation sites is 1. The zero-order chi connectivity index (χ0) is 28.6. The fraction of sp³-hybridized carbons (Fsp3) is 0.370. The predicted molar refractivity (Wildman–Crippen MR) is 142 cm³/mol. The van der Waals surface area contributed by atoms with E-state index in [0.717, 1.165) is 24.1 Å². The van der Waals surface area contributed by atoms with Crippen molar-refractivity contribution in [2.24, 2.45) is 0 Å². The van der Waals surface area contributed by atoms with Crippen LogP contribution in [0.25, 0.3) is 0 Å². The normalized spacial score (nSPS) is 12.1. The van der Waals surface area contributed by atoms with E-state index in [-0.39, 0.29) is 36.0 Å². The molecule has 0 spiro atoms. The van der Waals surface area contributed by atoms with Gasteiger partial charge in [0.05, 0.1) is 18.7 Å². The van der Waals surface area contributed by atoms with E-state index >= 15 is 0 Å². The summed E-state index contributed by atoms with van der Waals surface area (Å²) in [5.74, 6) is -0.457. The van der Waals surface area contributed by atoms with Crippen molar-refractivity contribution < 1.29 is 32.2 Å². The quantitative estimate of drug-likeness (QED) is 0.234. The van der Waals surface area contributed by atoms with Crippen LogP contribution in [0.3, 0.4) is 0 Å². The Hall–Kier alpha value is -4.22. The zero-order valence-electron chi connectivity index (χ0n) is 22.0. The summed E-state index contributed by atoms with van der Waals surface area (Å²) in [6.45, 7) is 5.66. The van der Waals surface area contributed by atoms with Gasteiger partial charge in [0.25, 0.3) is 0 Å². The van der Waals surface area contributed by atoms with Crippen LogP contribution in [-0.2, 0) is 22.2 Å². The van der Waals surface area contributed by atoms with Gasteiger partial charge in [-0.15, -0.1) is 0 Å². The molecule has 9 nitrogen and oxygen atoms in total. The van der Waals surface area contributed by atoms with Crippen LogP contribution in [0.4, 0.5) is 41.0 Å². The van der Waals surface area contributed by atoms with Gasteiger partial charge in [0.2, 0.25) is 0 Å². The topological polar surface area (TPSA) is 120 Å². The van der Waals surface area contributed by atoms with Crippen LogP contribution in [0, 0.1) is 6.92 Å². The molecule has 2 aromatic carbocycles. The van der Waals surface area contributed by atoms with Crippen LogP contribution >= 0.6 is 0 Å². The lowest BCUT2D eigenvalue weighted by atomic mass is 10.1. The summed E-state index contributed by atoms with van der Waals surface area (Å²) in [6.07, 6.45) is -4.28. The van der Waals surface area contributed by atoms with Crippen molar-refractivity contribution in [3.63, 3.8) is 0 Å². The highest BCUT2D eigenvalue weighted by Crippen LogP contribution is 2.31. The van der Waals surface area contributed by atoms with Gasteiger partial charge in [0, 0.05) is 11.4 Å². The van der Waals surface area contributed by atoms with Crippen LogP contribution < -0.4 is 16.4 Å². The number of nitrogen functional groups attached to an aromatic ring is 1. The molecular formula is C27H32F3N5O4. The molecule has 1 aromatic heterocycles. The van der Waals surface area contributed by atoms with Crippen molar-refractivity contribution in [3.8, 4) is 0 Å². The molecule has 3 rings (SSSR count). The van der Waals surface area contributed by atoms with Crippen LogP contribution in [0.5, 0.6) is 0 Å². The standard InChI is InChI=1S/C27H32F3N5O4/c1-4-6-13-20(39-26(37)32-19-12-9-11-18(15-19)27(28,29)30)16-35-23(31)22(25(36)38-5-2)24(34-35)33-21-14-8-7-10-17(21)3/h7-12,14-15,20H,4-6,13,16,31H2,1-3H3,(H,32,37)(H,33,34). The number of carbonyl (C=O) groups is 2. The molecule has 0 saturated carbocycles. The molecule has 0 aliphatic heterocycles. The largest absolute Gasteiger partial charge is 0.462 e. The molecule has 3 aromatic rings. The van der Waals surface area contributed by atoms with Gasteiger partial charge < -0.3 is 20.5 Å². The molecule has 1 atom stereocenters. The summed E-state index contributed by atoms with van der Waals surface area (Å²) in [6, 6.07) is 11.7. The number of amides is 1. The van der Waals surface area contributed by atoms with E-state index in [1.54, 1.807) is 6.92 Å². The number of benzene rings is 2. The second-order valence-corrected chi connectivity index (χ2v) is 8.82. The minimum Gasteiger partial charge on any atom is -0.462 e.